The number of fused-ring (bicyclic) bond motifs is 14. The topological polar surface area (TPSA) is 38.0 Å². The van der Waals surface area contributed by atoms with Crippen LogP contribution in [0.4, 0.5) is 5.69 Å². The molecule has 4 nitrogen and oxygen atoms in total. The highest BCUT2D eigenvalue weighted by Gasteiger charge is 2.29. The second-order valence-electron chi connectivity index (χ2n) is 13.5. The van der Waals surface area contributed by atoms with Crippen molar-refractivity contribution in [3.8, 4) is 17.4 Å². The van der Waals surface area contributed by atoms with Crippen LogP contribution in [-0.2, 0) is 0 Å². The Bertz CT molecular complexity index is 3230. The van der Waals surface area contributed by atoms with Crippen molar-refractivity contribution in [3.05, 3.63) is 149 Å². The van der Waals surface area contributed by atoms with Crippen LogP contribution in [0.5, 0.6) is 0 Å². The Morgan fingerprint density at radius 3 is 1.42 bits per heavy atom. The number of hydrogen-bond acceptors (Lipinski definition) is 3. The summed E-state index contributed by atoms with van der Waals surface area (Å²) in [6, 6.07) is 46.0. The summed E-state index contributed by atoms with van der Waals surface area (Å²) in [5.41, 5.74) is 8.66. The molecule has 0 spiro atoms. The molecular weight excluding hydrogens is 673 g/mol. The Morgan fingerprint density at radius 1 is 0.519 bits per heavy atom. The molecule has 0 amide bonds. The minimum Gasteiger partial charge on any atom is -0.307 e. The lowest BCUT2D eigenvalue weighted by molar-refractivity contribution is 1.06. The van der Waals surface area contributed by atoms with Crippen LogP contribution in [0.2, 0.25) is 0 Å². The third kappa shape index (κ3) is 3.62. The number of hydrogen-bond donors (Lipinski definition) is 0. The lowest BCUT2D eigenvalue weighted by Crippen LogP contribution is -2.10. The van der Waals surface area contributed by atoms with Crippen molar-refractivity contribution >= 4 is 112 Å². The van der Waals surface area contributed by atoms with E-state index in [0.29, 0.717) is 11.3 Å². The van der Waals surface area contributed by atoms with Crippen molar-refractivity contribution < 1.29 is 0 Å². The standard InChI is InChI=1S/C46H26N4S2/c1-25-35(24-47)40(48-3)26(2)42(50-37-17-9-5-13-28(37)32-21-23-34-30-15-7-11-19-39(30)52-46(34)44(32)50)41(25)49-36-16-8-4-12-27(36)31-20-22-33-29-14-6-10-18-38(29)51-45(33)43(31)49/h4-23H,1-2H3. The summed E-state index contributed by atoms with van der Waals surface area (Å²) >= 11 is 3.63. The first-order valence-corrected chi connectivity index (χ1v) is 18.8. The maximum absolute atomic E-state index is 10.8. The maximum Gasteiger partial charge on any atom is 0.209 e. The van der Waals surface area contributed by atoms with Gasteiger partial charge in [0.15, 0.2) is 0 Å². The molecule has 0 aliphatic carbocycles. The first-order chi connectivity index (χ1) is 25.6. The molecule has 52 heavy (non-hydrogen) atoms. The number of nitrogens with zero attached hydrogens (tertiary/aromatic N) is 4. The predicted octanol–water partition coefficient (Wildman–Crippen LogP) is 13.7. The van der Waals surface area contributed by atoms with Gasteiger partial charge in [-0.3, -0.25) is 0 Å². The molecule has 0 fully saturated rings. The first-order valence-electron chi connectivity index (χ1n) is 17.2. The molecule has 0 radical (unpaired) electrons. The number of rotatable bonds is 2. The lowest BCUT2D eigenvalue weighted by Gasteiger charge is -2.23. The third-order valence-corrected chi connectivity index (χ3v) is 13.3. The van der Waals surface area contributed by atoms with E-state index >= 15 is 0 Å². The van der Waals surface area contributed by atoms with Crippen LogP contribution >= 0.6 is 22.7 Å². The van der Waals surface area contributed by atoms with Crippen LogP contribution in [0, 0.1) is 31.8 Å². The molecule has 11 aromatic rings. The largest absolute Gasteiger partial charge is 0.307 e. The van der Waals surface area contributed by atoms with Crippen molar-refractivity contribution in [3.63, 3.8) is 0 Å². The Balaban J connectivity index is 1.43. The average molecular weight is 699 g/mol. The molecule has 0 bridgehead atoms. The monoisotopic (exact) mass is 698 g/mol. The van der Waals surface area contributed by atoms with E-state index in [4.69, 9.17) is 6.57 Å². The van der Waals surface area contributed by atoms with Gasteiger partial charge in [0, 0.05) is 52.5 Å². The highest BCUT2D eigenvalue weighted by atomic mass is 32.1. The van der Waals surface area contributed by atoms with Gasteiger partial charge in [0.2, 0.25) is 5.69 Å². The molecule has 0 saturated carbocycles. The molecule has 4 aromatic heterocycles. The molecule has 0 aliphatic rings. The van der Waals surface area contributed by atoms with E-state index in [0.717, 1.165) is 55.3 Å². The van der Waals surface area contributed by atoms with Crippen LogP contribution < -0.4 is 0 Å². The SMILES string of the molecule is [C-]#[N+]c1c(C)c(-n2c3ccccc3c3ccc4c5ccccc5sc4c32)c(-n2c3ccccc3c3ccc4c5ccccc5sc4c32)c(C)c1C#N. The molecule has 4 heterocycles. The zero-order valence-corrected chi connectivity index (χ0v) is 29.8. The molecule has 7 aromatic carbocycles. The zero-order valence-electron chi connectivity index (χ0n) is 28.2. The molecule has 11 rings (SSSR count). The van der Waals surface area contributed by atoms with Crippen LogP contribution in [0.25, 0.3) is 100 Å². The number of para-hydroxylation sites is 2. The van der Waals surface area contributed by atoms with Gasteiger partial charge < -0.3 is 9.13 Å². The Kier molecular flexibility index (Phi) is 5.94. The molecule has 242 valence electrons. The van der Waals surface area contributed by atoms with Crippen LogP contribution in [0.3, 0.4) is 0 Å². The Labute approximate surface area is 306 Å². The molecular formula is C46H26N4S2. The average Bonchev–Trinajstić information content (AvgIpc) is 3.93. The summed E-state index contributed by atoms with van der Waals surface area (Å²) in [5.74, 6) is 0. The van der Waals surface area contributed by atoms with E-state index in [1.54, 1.807) is 0 Å². The van der Waals surface area contributed by atoms with Gasteiger partial charge in [-0.25, -0.2) is 4.85 Å². The normalized spacial score (nSPS) is 12.0. The van der Waals surface area contributed by atoms with Crippen LogP contribution in [0.15, 0.2) is 121 Å². The number of benzene rings is 7. The van der Waals surface area contributed by atoms with Crippen LogP contribution in [-0.4, -0.2) is 9.13 Å². The minimum atomic E-state index is 0.404. The quantitative estimate of drug-likeness (QED) is 0.166. The number of nitriles is 1. The second-order valence-corrected chi connectivity index (χ2v) is 15.6. The fourth-order valence-corrected chi connectivity index (χ4v) is 11.2. The predicted molar refractivity (Wildman–Crippen MR) is 221 cm³/mol. The summed E-state index contributed by atoms with van der Waals surface area (Å²) in [6.45, 7) is 12.5. The van der Waals surface area contributed by atoms with Crippen molar-refractivity contribution in [1.82, 2.24) is 9.13 Å². The van der Waals surface area contributed by atoms with Crippen molar-refractivity contribution in [2.75, 3.05) is 0 Å². The first kappa shape index (κ1) is 29.3. The summed E-state index contributed by atoms with van der Waals surface area (Å²) in [4.78, 5) is 4.06. The van der Waals surface area contributed by atoms with Crippen molar-refractivity contribution in [1.29, 1.82) is 5.26 Å². The fraction of sp³-hybridized carbons (Fsp3) is 0.0435. The summed E-state index contributed by atoms with van der Waals surface area (Å²) in [5, 5.41) is 20.3. The molecule has 0 aliphatic heterocycles. The van der Waals surface area contributed by atoms with Gasteiger partial charge in [-0.05, 0) is 49.2 Å². The Hall–Kier alpha value is -6.44. The molecule has 0 saturated heterocycles. The van der Waals surface area contributed by atoms with Gasteiger partial charge in [-0.1, -0.05) is 97.1 Å². The zero-order chi connectivity index (χ0) is 34.8. The van der Waals surface area contributed by atoms with Gasteiger partial charge in [0.05, 0.1) is 61.0 Å². The summed E-state index contributed by atoms with van der Waals surface area (Å²) < 4.78 is 9.71. The highest BCUT2D eigenvalue weighted by Crippen LogP contribution is 2.49. The van der Waals surface area contributed by atoms with Gasteiger partial charge >= 0.3 is 0 Å². The van der Waals surface area contributed by atoms with Crippen LogP contribution in [0.1, 0.15) is 16.7 Å². The van der Waals surface area contributed by atoms with E-state index in [-0.39, 0.29) is 0 Å². The van der Waals surface area contributed by atoms with Gasteiger partial charge in [0.25, 0.3) is 0 Å². The molecule has 6 heteroatoms. The molecule has 0 N–H and O–H groups in total. The van der Waals surface area contributed by atoms with Crippen molar-refractivity contribution in [2.45, 2.75) is 13.8 Å². The van der Waals surface area contributed by atoms with E-state index < -0.39 is 0 Å². The van der Waals surface area contributed by atoms with E-state index in [9.17, 15) is 5.26 Å². The fourth-order valence-electron chi connectivity index (χ4n) is 8.70. The summed E-state index contributed by atoms with van der Waals surface area (Å²) in [6.07, 6.45) is 0. The second kappa shape index (κ2) is 10.5. The number of aromatic nitrogens is 2. The highest BCUT2D eigenvalue weighted by molar-refractivity contribution is 7.27. The lowest BCUT2D eigenvalue weighted by atomic mass is 9.97. The molecule has 0 unspecified atom stereocenters. The van der Waals surface area contributed by atoms with Gasteiger partial charge in [-0.2, -0.15) is 5.26 Å². The molecule has 0 atom stereocenters. The van der Waals surface area contributed by atoms with E-state index in [1.165, 1.54) is 51.1 Å². The van der Waals surface area contributed by atoms with E-state index in [1.807, 2.05) is 36.5 Å². The van der Waals surface area contributed by atoms with Gasteiger partial charge in [0.1, 0.15) is 0 Å². The van der Waals surface area contributed by atoms with Gasteiger partial charge in [-0.15, -0.1) is 22.7 Å². The third-order valence-electron chi connectivity index (χ3n) is 10.9. The minimum absolute atomic E-state index is 0.404. The summed E-state index contributed by atoms with van der Waals surface area (Å²) in [7, 11) is 0. The van der Waals surface area contributed by atoms with Crippen molar-refractivity contribution in [2.24, 2.45) is 0 Å². The van der Waals surface area contributed by atoms with E-state index in [2.05, 4.69) is 141 Å². The number of thiophene rings is 2. The smallest absolute Gasteiger partial charge is 0.209 e. The Morgan fingerprint density at radius 2 is 0.942 bits per heavy atom. The maximum atomic E-state index is 10.8.